The maximum absolute atomic E-state index is 13.3. The number of hydrogen-bond donors (Lipinski definition) is 2. The zero-order chi connectivity index (χ0) is 26.1. The van der Waals surface area contributed by atoms with E-state index in [0.717, 1.165) is 16.9 Å². The van der Waals surface area contributed by atoms with Gasteiger partial charge in [0.05, 0.1) is 6.54 Å². The molecule has 190 valence electrons. The first-order chi connectivity index (χ1) is 16.9. The van der Waals surface area contributed by atoms with Crippen LogP contribution in [0.15, 0.2) is 59.3 Å². The van der Waals surface area contributed by atoms with Crippen LogP contribution >= 0.6 is 22.9 Å². The zero-order valence-corrected chi connectivity index (χ0v) is 22.8. The number of hydrogen-bond acceptors (Lipinski definition) is 7. The summed E-state index contributed by atoms with van der Waals surface area (Å²) in [6.45, 7) is 7.95. The van der Waals surface area contributed by atoms with Crippen molar-refractivity contribution >= 4 is 38.9 Å². The minimum Gasteiger partial charge on any atom is -0.383 e. The summed E-state index contributed by atoms with van der Waals surface area (Å²) >= 11 is 7.91. The molecule has 0 bridgehead atoms. The molecule has 0 atom stereocenters. The average Bonchev–Trinajstić information content (AvgIpc) is 3.43. The van der Waals surface area contributed by atoms with E-state index in [4.69, 9.17) is 11.6 Å². The van der Waals surface area contributed by atoms with Gasteiger partial charge < -0.3 is 9.67 Å². The molecule has 11 heteroatoms. The van der Waals surface area contributed by atoms with E-state index in [-0.39, 0.29) is 10.2 Å². The summed E-state index contributed by atoms with van der Waals surface area (Å²) in [5.41, 5.74) is 0.991. The van der Waals surface area contributed by atoms with Crippen LogP contribution in [-0.4, -0.2) is 33.0 Å². The quantitative estimate of drug-likeness (QED) is 0.294. The van der Waals surface area contributed by atoms with Crippen molar-refractivity contribution in [3.05, 3.63) is 76.4 Å². The van der Waals surface area contributed by atoms with Crippen LogP contribution in [0.2, 0.25) is 5.02 Å². The van der Waals surface area contributed by atoms with Crippen LogP contribution in [-0.2, 0) is 28.6 Å². The normalized spacial score (nSPS) is 12.3. The van der Waals surface area contributed by atoms with Crippen molar-refractivity contribution in [2.24, 2.45) is 5.92 Å². The van der Waals surface area contributed by atoms with Gasteiger partial charge in [-0.25, -0.2) is 28.1 Å². The fourth-order valence-corrected chi connectivity index (χ4v) is 6.99. The largest absolute Gasteiger partial charge is 0.383 e. The highest BCUT2D eigenvalue weighted by Gasteiger charge is 2.26. The second-order valence-corrected chi connectivity index (χ2v) is 12.9. The third kappa shape index (κ3) is 5.95. The van der Waals surface area contributed by atoms with Crippen LogP contribution in [0.3, 0.4) is 0 Å². The van der Waals surface area contributed by atoms with E-state index in [1.54, 1.807) is 38.4 Å². The summed E-state index contributed by atoms with van der Waals surface area (Å²) in [5, 5.41) is 10.9. The number of sulfonamides is 1. The Morgan fingerprint density at radius 2 is 1.86 bits per heavy atom. The first kappa shape index (κ1) is 26.3. The van der Waals surface area contributed by atoms with Gasteiger partial charge in [0.15, 0.2) is 0 Å². The van der Waals surface area contributed by atoms with Crippen LogP contribution in [0.4, 0.5) is 5.95 Å². The summed E-state index contributed by atoms with van der Waals surface area (Å²) < 4.78 is 31.2. The van der Waals surface area contributed by atoms with Crippen LogP contribution in [0.25, 0.3) is 11.1 Å². The summed E-state index contributed by atoms with van der Waals surface area (Å²) in [7, 11) is -3.93. The van der Waals surface area contributed by atoms with E-state index in [2.05, 4.69) is 33.5 Å². The molecule has 0 saturated heterocycles. The number of anilines is 1. The van der Waals surface area contributed by atoms with E-state index in [0.29, 0.717) is 34.4 Å². The number of halogens is 1. The van der Waals surface area contributed by atoms with Crippen LogP contribution in [0, 0.1) is 5.92 Å². The molecule has 4 aromatic rings. The van der Waals surface area contributed by atoms with Gasteiger partial charge in [0.1, 0.15) is 15.6 Å². The summed E-state index contributed by atoms with van der Waals surface area (Å²) in [6, 6.07) is 9.04. The molecule has 0 amide bonds. The molecule has 0 spiro atoms. The Bertz CT molecular complexity index is 1460. The van der Waals surface area contributed by atoms with Crippen molar-refractivity contribution in [2.75, 3.05) is 4.72 Å². The number of aliphatic hydroxyl groups is 1. The fraction of sp³-hybridized carbons (Fsp3) is 0.320. The molecule has 1 aromatic carbocycles. The van der Waals surface area contributed by atoms with Gasteiger partial charge in [-0.3, -0.25) is 0 Å². The highest BCUT2D eigenvalue weighted by Crippen LogP contribution is 2.38. The lowest BCUT2D eigenvalue weighted by Gasteiger charge is -2.19. The Morgan fingerprint density at radius 1 is 1.14 bits per heavy atom. The lowest BCUT2D eigenvalue weighted by Crippen LogP contribution is -2.22. The molecular weight excluding hydrogens is 518 g/mol. The van der Waals surface area contributed by atoms with Crippen LogP contribution < -0.4 is 4.72 Å². The lowest BCUT2D eigenvalue weighted by molar-refractivity contribution is 0.0652. The Kier molecular flexibility index (Phi) is 7.51. The molecule has 0 aliphatic heterocycles. The molecule has 0 unspecified atom stereocenters. The van der Waals surface area contributed by atoms with Crippen LogP contribution in [0.5, 0.6) is 0 Å². The smallest absolute Gasteiger partial charge is 0.274 e. The van der Waals surface area contributed by atoms with E-state index in [9.17, 15) is 13.5 Å². The van der Waals surface area contributed by atoms with Crippen molar-refractivity contribution in [3.63, 3.8) is 0 Å². The van der Waals surface area contributed by atoms with Gasteiger partial charge in [-0.1, -0.05) is 37.6 Å². The Hall–Kier alpha value is -2.79. The molecule has 0 aliphatic rings. The number of aromatic nitrogens is 4. The maximum Gasteiger partial charge on any atom is 0.274 e. The molecule has 0 saturated carbocycles. The molecule has 36 heavy (non-hydrogen) atoms. The first-order valence-electron chi connectivity index (χ1n) is 11.4. The monoisotopic (exact) mass is 545 g/mol. The third-order valence-electron chi connectivity index (χ3n) is 5.36. The summed E-state index contributed by atoms with van der Waals surface area (Å²) in [4.78, 5) is 13.2. The van der Waals surface area contributed by atoms with Crippen molar-refractivity contribution < 1.29 is 13.5 Å². The molecule has 0 radical (unpaired) electrons. The number of thiophene rings is 1. The molecule has 8 nitrogen and oxygen atoms in total. The van der Waals surface area contributed by atoms with Crippen molar-refractivity contribution in [1.29, 1.82) is 0 Å². The van der Waals surface area contributed by atoms with E-state index < -0.39 is 15.6 Å². The third-order valence-corrected chi connectivity index (χ3v) is 8.73. The van der Waals surface area contributed by atoms with Gasteiger partial charge in [-0.15, -0.1) is 11.3 Å². The van der Waals surface area contributed by atoms with Crippen LogP contribution in [0.1, 0.15) is 44.0 Å². The number of benzene rings is 1. The summed E-state index contributed by atoms with van der Waals surface area (Å²) in [5.74, 6) is 0.906. The predicted molar refractivity (Wildman–Crippen MR) is 143 cm³/mol. The van der Waals surface area contributed by atoms with E-state index >= 15 is 0 Å². The second-order valence-electron chi connectivity index (χ2n) is 9.43. The summed E-state index contributed by atoms with van der Waals surface area (Å²) in [6.07, 6.45) is 7.13. The van der Waals surface area contributed by atoms with Crippen molar-refractivity contribution in [2.45, 2.75) is 50.5 Å². The van der Waals surface area contributed by atoms with E-state index in [1.165, 1.54) is 23.7 Å². The molecular formula is C25H28ClN5O3S2. The van der Waals surface area contributed by atoms with Gasteiger partial charge in [-0.2, -0.15) is 0 Å². The minimum atomic E-state index is -3.93. The Labute approximate surface area is 220 Å². The number of nitrogens with one attached hydrogen (secondary N) is 1. The maximum atomic E-state index is 13.3. The topological polar surface area (TPSA) is 110 Å². The van der Waals surface area contributed by atoms with Gasteiger partial charge >= 0.3 is 0 Å². The molecule has 0 fully saturated rings. The first-order valence-corrected chi connectivity index (χ1v) is 14.1. The number of nitrogens with zero attached hydrogens (tertiary/aromatic N) is 4. The molecule has 2 N–H and O–H groups in total. The fourth-order valence-electron chi connectivity index (χ4n) is 3.84. The SMILES string of the molecule is CC(C)Cc1cc(-c2ccc(Cn3ccnc3C(C)(C)O)c(Cl)c2)c(S(=O)(=O)Nc2ncccn2)s1. The average molecular weight is 546 g/mol. The standard InChI is InChI=1S/C25H28ClN5O3S2/c1-16(2)12-19-14-20(22(35-19)36(33,34)30-24-28-8-5-9-29-24)17-6-7-18(21(26)13-17)15-31-11-10-27-23(31)25(3,4)32/h5-11,13-14,16,32H,12,15H2,1-4H3,(H,28,29,30). The zero-order valence-electron chi connectivity index (χ0n) is 20.4. The second kappa shape index (κ2) is 10.3. The molecule has 0 aliphatic carbocycles. The Balaban J connectivity index is 1.71. The Morgan fingerprint density at radius 3 is 2.50 bits per heavy atom. The number of imidazole rings is 1. The predicted octanol–water partition coefficient (Wildman–Crippen LogP) is 5.33. The molecule has 3 heterocycles. The highest BCUT2D eigenvalue weighted by molar-refractivity contribution is 7.94. The molecule has 4 rings (SSSR count). The highest BCUT2D eigenvalue weighted by atomic mass is 35.5. The van der Waals surface area contributed by atoms with E-state index in [1.807, 2.05) is 22.8 Å². The number of rotatable bonds is 9. The molecule has 3 aromatic heterocycles. The van der Waals surface area contributed by atoms with Gasteiger partial charge in [0, 0.05) is 40.3 Å². The minimum absolute atomic E-state index is 0.0126. The van der Waals surface area contributed by atoms with Gasteiger partial charge in [0.25, 0.3) is 10.0 Å². The van der Waals surface area contributed by atoms with Gasteiger partial charge in [-0.05, 0) is 55.5 Å². The van der Waals surface area contributed by atoms with Crippen molar-refractivity contribution in [3.8, 4) is 11.1 Å². The lowest BCUT2D eigenvalue weighted by atomic mass is 10.0. The van der Waals surface area contributed by atoms with Crippen molar-refractivity contribution in [1.82, 2.24) is 19.5 Å². The van der Waals surface area contributed by atoms with Gasteiger partial charge in [0.2, 0.25) is 5.95 Å².